The average molecular weight is 576 g/mol. The summed E-state index contributed by atoms with van der Waals surface area (Å²) in [5.41, 5.74) is 1.18. The Kier molecular flexibility index (Phi) is 9.52. The molecule has 2 amide bonds. The highest BCUT2D eigenvalue weighted by Gasteiger charge is 2.34. The van der Waals surface area contributed by atoms with E-state index in [0.717, 1.165) is 32.1 Å². The van der Waals surface area contributed by atoms with E-state index >= 15 is 0 Å². The molecular formula is C28H41N5O6S. The molecule has 1 aliphatic carbocycles. The fourth-order valence-corrected chi connectivity index (χ4v) is 6.51. The number of benzene rings is 1. The maximum atomic E-state index is 13.4. The first-order valence-corrected chi connectivity index (χ1v) is 15.4. The number of likely N-dealkylation sites (N-methyl/N-ethyl adjacent to an activating group) is 1. The van der Waals surface area contributed by atoms with Crippen LogP contribution in [0.5, 0.6) is 5.75 Å². The van der Waals surface area contributed by atoms with E-state index in [1.165, 1.54) is 23.9 Å². The van der Waals surface area contributed by atoms with Crippen LogP contribution in [0.15, 0.2) is 35.7 Å². The van der Waals surface area contributed by atoms with E-state index < -0.39 is 22.2 Å². The summed E-state index contributed by atoms with van der Waals surface area (Å²) in [6.07, 6.45) is 7.30. The van der Waals surface area contributed by atoms with Gasteiger partial charge in [0, 0.05) is 49.9 Å². The zero-order valence-corrected chi connectivity index (χ0v) is 24.6. The third-order valence-electron chi connectivity index (χ3n) is 7.95. The van der Waals surface area contributed by atoms with Crippen LogP contribution in [0.4, 0.5) is 5.69 Å². The molecule has 2 N–H and O–H groups in total. The highest BCUT2D eigenvalue weighted by molar-refractivity contribution is 7.89. The van der Waals surface area contributed by atoms with Crippen molar-refractivity contribution in [2.75, 3.05) is 32.1 Å². The number of hydrogen-bond donors (Lipinski definition) is 2. The summed E-state index contributed by atoms with van der Waals surface area (Å²) in [4.78, 5) is 31.9. The fraction of sp³-hybridized carbons (Fsp3) is 0.607. The predicted octanol–water partition coefficient (Wildman–Crippen LogP) is 2.41. The number of carbonyl (C=O) groups is 2. The zero-order chi connectivity index (χ0) is 29.0. The zero-order valence-electron chi connectivity index (χ0n) is 23.7. The minimum absolute atomic E-state index is 0.0143. The van der Waals surface area contributed by atoms with Crippen molar-refractivity contribution in [3.63, 3.8) is 0 Å². The smallest absolute Gasteiger partial charge is 0.261 e. The van der Waals surface area contributed by atoms with E-state index in [2.05, 4.69) is 10.3 Å². The number of aliphatic hydroxyl groups excluding tert-OH is 1. The maximum Gasteiger partial charge on any atom is 0.261 e. The Bertz CT molecular complexity index is 1310. The van der Waals surface area contributed by atoms with Crippen LogP contribution in [-0.2, 0) is 33.1 Å². The van der Waals surface area contributed by atoms with Crippen LogP contribution in [0.3, 0.4) is 0 Å². The van der Waals surface area contributed by atoms with E-state index in [-0.39, 0.29) is 54.8 Å². The van der Waals surface area contributed by atoms with Gasteiger partial charge in [0.15, 0.2) is 5.03 Å². The molecule has 4 rings (SSSR count). The number of fused-ring (bicyclic) bond motifs is 1. The monoisotopic (exact) mass is 575 g/mol. The molecule has 11 nitrogen and oxygen atoms in total. The van der Waals surface area contributed by atoms with Gasteiger partial charge >= 0.3 is 0 Å². The molecule has 12 heteroatoms. The summed E-state index contributed by atoms with van der Waals surface area (Å²) < 4.78 is 35.6. The lowest BCUT2D eigenvalue weighted by atomic mass is 9.88. The van der Waals surface area contributed by atoms with Gasteiger partial charge in [0.1, 0.15) is 11.9 Å². The second-order valence-electron chi connectivity index (χ2n) is 11.2. The van der Waals surface area contributed by atoms with Crippen LogP contribution in [0.1, 0.15) is 51.5 Å². The molecule has 2 aromatic rings. The van der Waals surface area contributed by atoms with Crippen molar-refractivity contribution >= 4 is 27.5 Å². The predicted molar refractivity (Wildman–Crippen MR) is 150 cm³/mol. The fourth-order valence-electron chi connectivity index (χ4n) is 5.37. The van der Waals surface area contributed by atoms with Gasteiger partial charge in [0.05, 0.1) is 31.9 Å². The number of imidazole rings is 1. The summed E-state index contributed by atoms with van der Waals surface area (Å²) >= 11 is 0. The van der Waals surface area contributed by atoms with E-state index in [0.29, 0.717) is 17.0 Å². The highest BCUT2D eigenvalue weighted by Crippen LogP contribution is 2.31. The Hall–Kier alpha value is -2.96. The molecule has 0 spiro atoms. The molecule has 1 fully saturated rings. The van der Waals surface area contributed by atoms with E-state index in [4.69, 9.17) is 4.74 Å². The van der Waals surface area contributed by atoms with Gasteiger partial charge in [0.25, 0.3) is 10.0 Å². The molecular weight excluding hydrogens is 534 g/mol. The number of ether oxygens (including phenoxy) is 1. The van der Waals surface area contributed by atoms with E-state index in [1.807, 2.05) is 6.92 Å². The maximum absolute atomic E-state index is 13.4. The van der Waals surface area contributed by atoms with Crippen molar-refractivity contribution in [2.45, 2.75) is 69.5 Å². The number of amides is 2. The Morgan fingerprint density at radius 1 is 1.27 bits per heavy atom. The van der Waals surface area contributed by atoms with Crippen molar-refractivity contribution in [1.29, 1.82) is 0 Å². The standard InChI is InChI=1S/C28H41N5O6S/c1-19-14-33(20(2)17-34)27(35)13-22-12-23(30-28(36)21-8-6-5-7-9-21)10-11-24(22)39-25(19)15-32(4)40(37,38)26-16-31(3)18-29-26/h10-12,16,18-21,25,34H,5-9,13-15,17H2,1-4H3,(H,30,36)/t19-,20-,25-/m0/s1. The summed E-state index contributed by atoms with van der Waals surface area (Å²) in [6, 6.07) is 4.82. The van der Waals surface area contributed by atoms with Crippen LogP contribution in [0.25, 0.3) is 0 Å². The summed E-state index contributed by atoms with van der Waals surface area (Å²) in [5.74, 6) is -0.0130. The van der Waals surface area contributed by atoms with Crippen LogP contribution >= 0.6 is 0 Å². The molecule has 1 aromatic heterocycles. The van der Waals surface area contributed by atoms with Crippen molar-refractivity contribution in [1.82, 2.24) is 18.8 Å². The van der Waals surface area contributed by atoms with Gasteiger partial charge in [-0.1, -0.05) is 26.2 Å². The van der Waals surface area contributed by atoms with E-state index in [1.54, 1.807) is 41.6 Å². The van der Waals surface area contributed by atoms with Gasteiger partial charge in [-0.15, -0.1) is 0 Å². The van der Waals surface area contributed by atoms with Gasteiger partial charge in [-0.3, -0.25) is 9.59 Å². The van der Waals surface area contributed by atoms with Crippen LogP contribution < -0.4 is 10.1 Å². The highest BCUT2D eigenvalue weighted by atomic mass is 32.2. The molecule has 0 saturated heterocycles. The van der Waals surface area contributed by atoms with Gasteiger partial charge in [0.2, 0.25) is 11.8 Å². The van der Waals surface area contributed by atoms with Gasteiger partial charge in [-0.25, -0.2) is 13.4 Å². The minimum Gasteiger partial charge on any atom is -0.488 e. The second-order valence-corrected chi connectivity index (χ2v) is 13.2. The number of carbonyl (C=O) groups excluding carboxylic acids is 2. The number of rotatable bonds is 8. The van der Waals surface area contributed by atoms with Gasteiger partial charge < -0.3 is 24.6 Å². The molecule has 3 atom stereocenters. The third kappa shape index (κ3) is 6.84. The first-order valence-electron chi connectivity index (χ1n) is 13.9. The van der Waals surface area contributed by atoms with Crippen LogP contribution in [-0.4, -0.2) is 83.0 Å². The van der Waals surface area contributed by atoms with Crippen molar-refractivity contribution in [3.05, 3.63) is 36.3 Å². The molecule has 0 unspecified atom stereocenters. The largest absolute Gasteiger partial charge is 0.488 e. The van der Waals surface area contributed by atoms with Crippen molar-refractivity contribution in [2.24, 2.45) is 18.9 Å². The average Bonchev–Trinajstić information content (AvgIpc) is 3.40. The van der Waals surface area contributed by atoms with Gasteiger partial charge in [-0.2, -0.15) is 4.31 Å². The second kappa shape index (κ2) is 12.7. The van der Waals surface area contributed by atoms with Gasteiger partial charge in [-0.05, 0) is 38.0 Å². The molecule has 0 radical (unpaired) electrons. The summed E-state index contributed by atoms with van der Waals surface area (Å²) in [5, 5.41) is 12.8. The molecule has 40 heavy (non-hydrogen) atoms. The number of sulfonamides is 1. The molecule has 0 bridgehead atoms. The molecule has 1 aromatic carbocycles. The lowest BCUT2D eigenvalue weighted by Crippen LogP contribution is -2.48. The minimum atomic E-state index is -3.87. The quantitative estimate of drug-likeness (QED) is 0.494. The number of nitrogens with one attached hydrogen (secondary N) is 1. The Morgan fingerprint density at radius 3 is 2.65 bits per heavy atom. The SMILES string of the molecule is C[C@H]1CN([C@@H](C)CO)C(=O)Cc2cc(NC(=O)C3CCCCC3)ccc2O[C@H]1CN(C)S(=O)(=O)c1cn(C)cn1. The first kappa shape index (κ1) is 30.0. The Labute approximate surface area is 236 Å². The number of aliphatic hydroxyl groups is 1. The normalized spacial score (nSPS) is 21.6. The lowest BCUT2D eigenvalue weighted by molar-refractivity contribution is -0.134. The van der Waals surface area contributed by atoms with Crippen molar-refractivity contribution in [3.8, 4) is 5.75 Å². The summed E-state index contributed by atoms with van der Waals surface area (Å²) in [7, 11) is -0.688. The molecule has 1 aliphatic heterocycles. The number of aryl methyl sites for hydroxylation is 1. The number of aromatic nitrogens is 2. The Morgan fingerprint density at radius 2 is 2.00 bits per heavy atom. The molecule has 1 saturated carbocycles. The Balaban J connectivity index is 1.62. The van der Waals surface area contributed by atoms with E-state index in [9.17, 15) is 23.1 Å². The van der Waals surface area contributed by atoms with Crippen LogP contribution in [0, 0.1) is 11.8 Å². The third-order valence-corrected chi connectivity index (χ3v) is 9.66. The summed E-state index contributed by atoms with van der Waals surface area (Å²) in [6.45, 7) is 3.78. The number of anilines is 1. The molecule has 2 heterocycles. The number of hydrogen-bond acceptors (Lipinski definition) is 7. The molecule has 2 aliphatic rings. The van der Waals surface area contributed by atoms with Crippen LogP contribution in [0.2, 0.25) is 0 Å². The first-order chi connectivity index (χ1) is 19.0. The lowest BCUT2D eigenvalue weighted by Gasteiger charge is -2.33. The topological polar surface area (TPSA) is 134 Å². The van der Waals surface area contributed by atoms with Crippen molar-refractivity contribution < 1.29 is 27.9 Å². The molecule has 220 valence electrons. The number of nitrogens with zero attached hydrogens (tertiary/aromatic N) is 4.